The van der Waals surface area contributed by atoms with Crippen molar-refractivity contribution >= 4 is 11.6 Å². The smallest absolute Gasteiger partial charge is 0.271 e. The number of nitrogens with two attached hydrogens (primary N) is 1. The Hall–Kier alpha value is -2.38. The summed E-state index contributed by atoms with van der Waals surface area (Å²) >= 11 is 0. The molecule has 0 bridgehead atoms. The molecule has 0 atom stereocenters. The van der Waals surface area contributed by atoms with Crippen molar-refractivity contribution in [1.82, 2.24) is 29.9 Å². The lowest BCUT2D eigenvalue weighted by atomic mass is 10.3. The van der Waals surface area contributed by atoms with Gasteiger partial charge in [-0.25, -0.2) is 4.98 Å². The first-order chi connectivity index (χ1) is 8.58. The zero-order valence-corrected chi connectivity index (χ0v) is 10.3. The molecule has 2 rings (SSSR count). The molecule has 2 aromatic rings. The molecular formula is C10H15N7O. The van der Waals surface area contributed by atoms with Gasteiger partial charge in [0.2, 0.25) is 0 Å². The molecular weight excluding hydrogens is 234 g/mol. The maximum absolute atomic E-state index is 11.8. The molecule has 0 aromatic carbocycles. The average molecular weight is 249 g/mol. The summed E-state index contributed by atoms with van der Waals surface area (Å²) in [6, 6.07) is 0. The molecule has 2 aromatic heterocycles. The maximum Gasteiger partial charge on any atom is 0.271 e. The number of hydrogen-bond acceptors (Lipinski definition) is 5. The number of amides is 1. The molecule has 2 heterocycles. The predicted molar refractivity (Wildman–Crippen MR) is 64.7 cm³/mol. The van der Waals surface area contributed by atoms with E-state index in [0.29, 0.717) is 30.2 Å². The van der Waals surface area contributed by atoms with E-state index in [1.165, 1.54) is 10.9 Å². The predicted octanol–water partition coefficient (Wildman–Crippen LogP) is -0.897. The van der Waals surface area contributed by atoms with Gasteiger partial charge in [0.1, 0.15) is 12.0 Å². The van der Waals surface area contributed by atoms with Gasteiger partial charge in [-0.05, 0) is 0 Å². The number of hydrogen-bond donors (Lipinski definition) is 2. The summed E-state index contributed by atoms with van der Waals surface area (Å²) in [5, 5.41) is 10.8. The maximum atomic E-state index is 11.8. The van der Waals surface area contributed by atoms with Gasteiger partial charge in [0.25, 0.3) is 5.91 Å². The number of nitrogens with zero attached hydrogens (tertiary/aromatic N) is 5. The lowest BCUT2D eigenvalue weighted by molar-refractivity contribution is 0.0945. The van der Waals surface area contributed by atoms with E-state index in [2.05, 4.69) is 20.5 Å². The Morgan fingerprint density at radius 3 is 2.83 bits per heavy atom. The second-order valence-corrected chi connectivity index (χ2v) is 3.91. The van der Waals surface area contributed by atoms with Crippen LogP contribution in [0.3, 0.4) is 0 Å². The number of anilines is 1. The van der Waals surface area contributed by atoms with Gasteiger partial charge in [-0.1, -0.05) is 0 Å². The van der Waals surface area contributed by atoms with Crippen molar-refractivity contribution < 1.29 is 4.79 Å². The number of rotatable bonds is 4. The summed E-state index contributed by atoms with van der Waals surface area (Å²) in [4.78, 5) is 15.9. The molecule has 0 unspecified atom stereocenters. The quantitative estimate of drug-likeness (QED) is 0.731. The van der Waals surface area contributed by atoms with Crippen LogP contribution in [0.5, 0.6) is 0 Å². The van der Waals surface area contributed by atoms with E-state index in [4.69, 9.17) is 5.73 Å². The molecule has 0 saturated heterocycles. The Morgan fingerprint density at radius 1 is 1.50 bits per heavy atom. The topological polar surface area (TPSA) is 104 Å². The fourth-order valence-electron chi connectivity index (χ4n) is 1.60. The molecule has 1 amide bonds. The van der Waals surface area contributed by atoms with E-state index in [1.807, 2.05) is 0 Å². The highest BCUT2D eigenvalue weighted by atomic mass is 16.2. The summed E-state index contributed by atoms with van der Waals surface area (Å²) in [7, 11) is 3.47. The molecule has 18 heavy (non-hydrogen) atoms. The van der Waals surface area contributed by atoms with Gasteiger partial charge in [0.05, 0.1) is 11.9 Å². The SMILES string of the molecule is Cn1cnc(CCNC(=O)c2c(N)cnn2C)n1. The van der Waals surface area contributed by atoms with Gasteiger partial charge in [-0.2, -0.15) is 10.2 Å². The third-order valence-electron chi connectivity index (χ3n) is 2.46. The average Bonchev–Trinajstić information content (AvgIpc) is 2.86. The summed E-state index contributed by atoms with van der Waals surface area (Å²) < 4.78 is 3.07. The van der Waals surface area contributed by atoms with Crippen LogP contribution in [0.25, 0.3) is 0 Å². The zero-order valence-electron chi connectivity index (χ0n) is 10.3. The fourth-order valence-corrected chi connectivity index (χ4v) is 1.60. The van der Waals surface area contributed by atoms with Crippen molar-refractivity contribution in [3.63, 3.8) is 0 Å². The third-order valence-corrected chi connectivity index (χ3v) is 2.46. The summed E-state index contributed by atoms with van der Waals surface area (Å²) in [6.07, 6.45) is 3.65. The number of carbonyl (C=O) groups is 1. The Balaban J connectivity index is 1.89. The molecule has 8 nitrogen and oxygen atoms in total. The van der Waals surface area contributed by atoms with Crippen molar-refractivity contribution in [2.24, 2.45) is 14.1 Å². The van der Waals surface area contributed by atoms with Gasteiger partial charge in [0, 0.05) is 27.1 Å². The molecule has 0 spiro atoms. The van der Waals surface area contributed by atoms with Gasteiger partial charge < -0.3 is 11.1 Å². The molecule has 3 N–H and O–H groups in total. The first kappa shape index (κ1) is 12.1. The first-order valence-corrected chi connectivity index (χ1v) is 5.48. The molecule has 0 aliphatic rings. The van der Waals surface area contributed by atoms with E-state index in [1.54, 1.807) is 25.1 Å². The monoisotopic (exact) mass is 249 g/mol. The van der Waals surface area contributed by atoms with Crippen molar-refractivity contribution in [3.8, 4) is 0 Å². The van der Waals surface area contributed by atoms with E-state index in [9.17, 15) is 4.79 Å². The van der Waals surface area contributed by atoms with E-state index in [-0.39, 0.29) is 5.91 Å². The fraction of sp³-hybridized carbons (Fsp3) is 0.400. The summed E-state index contributed by atoms with van der Waals surface area (Å²) in [5.74, 6) is 0.444. The summed E-state index contributed by atoms with van der Waals surface area (Å²) in [6.45, 7) is 0.452. The van der Waals surface area contributed by atoms with Crippen molar-refractivity contribution in [2.45, 2.75) is 6.42 Å². The largest absolute Gasteiger partial charge is 0.396 e. The van der Waals surface area contributed by atoms with Gasteiger partial charge in [-0.15, -0.1) is 0 Å². The lowest BCUT2D eigenvalue weighted by Gasteiger charge is -2.04. The van der Waals surface area contributed by atoms with Crippen molar-refractivity contribution in [3.05, 3.63) is 24.0 Å². The normalized spacial score (nSPS) is 10.6. The third kappa shape index (κ3) is 2.47. The van der Waals surface area contributed by atoms with E-state index in [0.717, 1.165) is 0 Å². The van der Waals surface area contributed by atoms with Crippen LogP contribution in [0, 0.1) is 0 Å². The Kier molecular flexibility index (Phi) is 3.26. The Morgan fingerprint density at radius 2 is 2.28 bits per heavy atom. The second kappa shape index (κ2) is 4.86. The molecule has 8 heteroatoms. The number of aromatic nitrogens is 5. The van der Waals surface area contributed by atoms with Crippen LogP contribution >= 0.6 is 0 Å². The Bertz CT molecular complexity index is 537. The van der Waals surface area contributed by atoms with Crippen LogP contribution in [-0.4, -0.2) is 37.0 Å². The van der Waals surface area contributed by atoms with Crippen LogP contribution < -0.4 is 11.1 Å². The Labute approximate surface area is 104 Å². The zero-order chi connectivity index (χ0) is 13.1. The van der Waals surface area contributed by atoms with Crippen molar-refractivity contribution in [1.29, 1.82) is 0 Å². The minimum Gasteiger partial charge on any atom is -0.396 e. The van der Waals surface area contributed by atoms with Gasteiger partial charge >= 0.3 is 0 Å². The number of nitrogen functional groups attached to an aromatic ring is 1. The van der Waals surface area contributed by atoms with Crippen molar-refractivity contribution in [2.75, 3.05) is 12.3 Å². The molecule has 0 fully saturated rings. The highest BCUT2D eigenvalue weighted by molar-refractivity contribution is 5.97. The number of nitrogens with one attached hydrogen (secondary N) is 1. The lowest BCUT2D eigenvalue weighted by Crippen LogP contribution is -2.28. The van der Waals surface area contributed by atoms with Crippen LogP contribution in [0.2, 0.25) is 0 Å². The summed E-state index contributed by atoms with van der Waals surface area (Å²) in [5.41, 5.74) is 6.39. The molecule has 0 aliphatic carbocycles. The van der Waals surface area contributed by atoms with Crippen LogP contribution in [-0.2, 0) is 20.5 Å². The van der Waals surface area contributed by atoms with Gasteiger partial charge in [0.15, 0.2) is 5.82 Å². The minimum atomic E-state index is -0.247. The number of aryl methyl sites for hydroxylation is 2. The standard InChI is InChI=1S/C10H15N7O/c1-16-6-13-8(15-16)3-4-12-10(18)9-7(11)5-14-17(9)2/h5-6H,3-4,11H2,1-2H3,(H,12,18). The van der Waals surface area contributed by atoms with Crippen LogP contribution in [0.1, 0.15) is 16.3 Å². The van der Waals surface area contributed by atoms with E-state index < -0.39 is 0 Å². The molecule has 96 valence electrons. The number of carbonyl (C=O) groups excluding carboxylic acids is 1. The van der Waals surface area contributed by atoms with Crippen LogP contribution in [0.4, 0.5) is 5.69 Å². The molecule has 0 radical (unpaired) electrons. The second-order valence-electron chi connectivity index (χ2n) is 3.91. The molecule has 0 saturated carbocycles. The minimum absolute atomic E-state index is 0.247. The highest BCUT2D eigenvalue weighted by Crippen LogP contribution is 2.08. The van der Waals surface area contributed by atoms with Gasteiger partial charge in [-0.3, -0.25) is 14.2 Å². The molecule has 0 aliphatic heterocycles. The first-order valence-electron chi connectivity index (χ1n) is 5.48. The van der Waals surface area contributed by atoms with E-state index >= 15 is 0 Å². The highest BCUT2D eigenvalue weighted by Gasteiger charge is 2.14. The van der Waals surface area contributed by atoms with Crippen LogP contribution in [0.15, 0.2) is 12.5 Å².